The summed E-state index contributed by atoms with van der Waals surface area (Å²) in [7, 11) is -0.863. The number of rotatable bonds is 3. The largest absolute Gasteiger partial charge is 0.259 e. The van der Waals surface area contributed by atoms with Crippen molar-refractivity contribution in [1.29, 1.82) is 5.26 Å². The predicted octanol–water partition coefficient (Wildman–Crippen LogP) is 2.59. The van der Waals surface area contributed by atoms with Gasteiger partial charge in [0.05, 0.1) is 11.6 Å². The molecule has 0 heterocycles. The number of hydrogen-bond acceptors (Lipinski definition) is 2. The van der Waals surface area contributed by atoms with Gasteiger partial charge in [-0.25, -0.2) is 0 Å². The Labute approximate surface area is 94.5 Å². The molecule has 74 valence electrons. The summed E-state index contributed by atoms with van der Waals surface area (Å²) in [4.78, 5) is 0. The van der Waals surface area contributed by atoms with E-state index < -0.39 is 10.8 Å². The lowest BCUT2D eigenvalue weighted by atomic mass is 10.1. The third-order valence-electron chi connectivity index (χ3n) is 1.83. The molecule has 0 radical (unpaired) electrons. The van der Waals surface area contributed by atoms with E-state index in [0.29, 0.717) is 17.1 Å². The van der Waals surface area contributed by atoms with Gasteiger partial charge in [-0.1, -0.05) is 28.9 Å². The smallest absolute Gasteiger partial charge is 0.0995 e. The van der Waals surface area contributed by atoms with E-state index in [0.717, 1.165) is 10.0 Å². The lowest BCUT2D eigenvalue weighted by Crippen LogP contribution is -1.99. The van der Waals surface area contributed by atoms with Crippen LogP contribution in [0.25, 0.3) is 0 Å². The Morgan fingerprint density at radius 2 is 2.29 bits per heavy atom. The molecule has 0 fully saturated rings. The highest BCUT2D eigenvalue weighted by molar-refractivity contribution is 9.10. The number of benzene rings is 1. The van der Waals surface area contributed by atoms with Crippen LogP contribution < -0.4 is 0 Å². The normalized spacial score (nSPS) is 12.1. The van der Waals surface area contributed by atoms with Crippen LogP contribution in [-0.2, 0) is 16.6 Å². The molecular formula is C10H10BrNOS. The van der Waals surface area contributed by atoms with Crippen LogP contribution in [0.4, 0.5) is 0 Å². The van der Waals surface area contributed by atoms with E-state index in [1.54, 1.807) is 6.07 Å². The zero-order chi connectivity index (χ0) is 10.6. The van der Waals surface area contributed by atoms with Crippen LogP contribution in [0.3, 0.4) is 0 Å². The number of halogens is 1. The number of hydrogen-bond donors (Lipinski definition) is 0. The van der Waals surface area contributed by atoms with Gasteiger partial charge in [0.2, 0.25) is 0 Å². The standard InChI is InChI=1S/C10H10BrNOS/c1-2-14(13)7-8-3-4-10(11)5-9(8)6-12/h3-5H,2,7H2,1H3. The molecule has 0 aromatic heterocycles. The fourth-order valence-corrected chi connectivity index (χ4v) is 2.22. The Hall–Kier alpha value is -0.660. The molecular weight excluding hydrogens is 262 g/mol. The first kappa shape index (κ1) is 11.4. The van der Waals surface area contributed by atoms with Crippen LogP contribution >= 0.6 is 15.9 Å². The molecule has 0 saturated heterocycles. The van der Waals surface area contributed by atoms with Crippen molar-refractivity contribution < 1.29 is 4.21 Å². The summed E-state index contributed by atoms with van der Waals surface area (Å²) in [6, 6.07) is 7.56. The Morgan fingerprint density at radius 3 is 2.86 bits per heavy atom. The number of nitrogens with zero attached hydrogens (tertiary/aromatic N) is 1. The average Bonchev–Trinajstić information content (AvgIpc) is 2.20. The molecule has 0 amide bonds. The molecule has 1 rings (SSSR count). The van der Waals surface area contributed by atoms with Gasteiger partial charge in [0.15, 0.2) is 0 Å². The summed E-state index contributed by atoms with van der Waals surface area (Å²) in [5.41, 5.74) is 1.46. The Morgan fingerprint density at radius 1 is 1.57 bits per heavy atom. The molecule has 2 nitrogen and oxygen atoms in total. The Bertz CT molecular complexity index is 398. The van der Waals surface area contributed by atoms with Crippen LogP contribution in [-0.4, -0.2) is 9.96 Å². The monoisotopic (exact) mass is 271 g/mol. The van der Waals surface area contributed by atoms with Crippen molar-refractivity contribution in [3.05, 3.63) is 33.8 Å². The molecule has 0 spiro atoms. The van der Waals surface area contributed by atoms with Gasteiger partial charge in [-0.2, -0.15) is 5.26 Å². The Balaban J connectivity index is 2.98. The molecule has 14 heavy (non-hydrogen) atoms. The summed E-state index contributed by atoms with van der Waals surface area (Å²) in [5, 5.41) is 8.86. The van der Waals surface area contributed by atoms with E-state index in [9.17, 15) is 4.21 Å². The van der Waals surface area contributed by atoms with Gasteiger partial charge in [0, 0.05) is 26.8 Å². The minimum Gasteiger partial charge on any atom is -0.259 e. The second-order valence-corrected chi connectivity index (χ2v) is 5.45. The maximum atomic E-state index is 11.3. The molecule has 1 aromatic carbocycles. The van der Waals surface area contributed by atoms with Crippen molar-refractivity contribution in [3.8, 4) is 6.07 Å². The highest BCUT2D eigenvalue weighted by atomic mass is 79.9. The van der Waals surface area contributed by atoms with Crippen LogP contribution in [0.5, 0.6) is 0 Å². The first-order valence-electron chi connectivity index (χ1n) is 4.21. The van der Waals surface area contributed by atoms with Crippen molar-refractivity contribution in [1.82, 2.24) is 0 Å². The fraction of sp³-hybridized carbons (Fsp3) is 0.300. The molecule has 1 atom stereocenters. The quantitative estimate of drug-likeness (QED) is 0.848. The van der Waals surface area contributed by atoms with Crippen molar-refractivity contribution in [2.45, 2.75) is 12.7 Å². The highest BCUT2D eigenvalue weighted by Gasteiger charge is 2.05. The molecule has 0 aliphatic rings. The third kappa shape index (κ3) is 2.93. The van der Waals surface area contributed by atoms with E-state index in [-0.39, 0.29) is 0 Å². The molecule has 0 bridgehead atoms. The lowest BCUT2D eigenvalue weighted by Gasteiger charge is -2.02. The van der Waals surface area contributed by atoms with Gasteiger partial charge in [-0.05, 0) is 17.7 Å². The zero-order valence-electron chi connectivity index (χ0n) is 7.79. The predicted molar refractivity (Wildman–Crippen MR) is 61.2 cm³/mol. The molecule has 1 aromatic rings. The van der Waals surface area contributed by atoms with E-state index in [1.807, 2.05) is 19.1 Å². The van der Waals surface area contributed by atoms with Gasteiger partial charge in [0.25, 0.3) is 0 Å². The maximum absolute atomic E-state index is 11.3. The summed E-state index contributed by atoms with van der Waals surface area (Å²) >= 11 is 3.29. The van der Waals surface area contributed by atoms with Crippen LogP contribution in [0.1, 0.15) is 18.1 Å². The first-order valence-corrected chi connectivity index (χ1v) is 6.49. The minimum absolute atomic E-state index is 0.465. The first-order chi connectivity index (χ1) is 6.67. The van der Waals surface area contributed by atoms with Gasteiger partial charge in [0.1, 0.15) is 0 Å². The average molecular weight is 272 g/mol. The third-order valence-corrected chi connectivity index (χ3v) is 3.60. The van der Waals surface area contributed by atoms with Gasteiger partial charge < -0.3 is 0 Å². The summed E-state index contributed by atoms with van der Waals surface area (Å²) in [5.74, 6) is 1.09. The van der Waals surface area contributed by atoms with E-state index in [4.69, 9.17) is 5.26 Å². The summed E-state index contributed by atoms with van der Waals surface area (Å²) < 4.78 is 12.2. The molecule has 0 aliphatic heterocycles. The molecule has 0 N–H and O–H groups in total. The molecule has 0 aliphatic carbocycles. The lowest BCUT2D eigenvalue weighted by molar-refractivity contribution is 0.683. The maximum Gasteiger partial charge on any atom is 0.0995 e. The Kier molecular flexibility index (Phi) is 4.30. The van der Waals surface area contributed by atoms with Gasteiger partial charge in [-0.3, -0.25) is 4.21 Å². The summed E-state index contributed by atoms with van der Waals surface area (Å²) in [6.07, 6.45) is 0. The van der Waals surface area contributed by atoms with Crippen molar-refractivity contribution in [3.63, 3.8) is 0 Å². The topological polar surface area (TPSA) is 40.9 Å². The zero-order valence-corrected chi connectivity index (χ0v) is 10.2. The minimum atomic E-state index is -0.863. The molecule has 0 saturated carbocycles. The van der Waals surface area contributed by atoms with E-state index in [1.165, 1.54) is 0 Å². The van der Waals surface area contributed by atoms with Crippen LogP contribution in [0.2, 0.25) is 0 Å². The molecule has 1 unspecified atom stereocenters. The number of nitriles is 1. The van der Waals surface area contributed by atoms with Gasteiger partial charge in [-0.15, -0.1) is 0 Å². The second kappa shape index (κ2) is 5.28. The fourth-order valence-electron chi connectivity index (χ4n) is 1.05. The molecule has 4 heteroatoms. The van der Waals surface area contributed by atoms with Crippen LogP contribution in [0, 0.1) is 11.3 Å². The van der Waals surface area contributed by atoms with Crippen molar-refractivity contribution >= 4 is 26.7 Å². The van der Waals surface area contributed by atoms with Crippen molar-refractivity contribution in [2.75, 3.05) is 5.75 Å². The highest BCUT2D eigenvalue weighted by Crippen LogP contribution is 2.17. The SMILES string of the molecule is CCS(=O)Cc1ccc(Br)cc1C#N. The van der Waals surface area contributed by atoms with Gasteiger partial charge >= 0.3 is 0 Å². The second-order valence-electron chi connectivity index (χ2n) is 2.79. The van der Waals surface area contributed by atoms with Crippen molar-refractivity contribution in [2.24, 2.45) is 0 Å². The van der Waals surface area contributed by atoms with E-state index >= 15 is 0 Å². The van der Waals surface area contributed by atoms with E-state index in [2.05, 4.69) is 22.0 Å². The summed E-state index contributed by atoms with van der Waals surface area (Å²) in [6.45, 7) is 1.88. The van der Waals surface area contributed by atoms with Crippen LogP contribution in [0.15, 0.2) is 22.7 Å².